The van der Waals surface area contributed by atoms with Crippen LogP contribution in [-0.4, -0.2) is 45.8 Å². The lowest BCUT2D eigenvalue weighted by Gasteiger charge is -2.28. The monoisotopic (exact) mass is 322 g/mol. The number of rotatable bonds is 1. The Hall–Kier alpha value is -2.42. The first kappa shape index (κ1) is 14.2. The van der Waals surface area contributed by atoms with Gasteiger partial charge >= 0.3 is 6.18 Å². The molecule has 3 heterocycles. The Balaban J connectivity index is 1.94. The second kappa shape index (κ2) is 5.05. The van der Waals surface area contributed by atoms with Crippen molar-refractivity contribution in [2.45, 2.75) is 6.18 Å². The highest BCUT2D eigenvalue weighted by molar-refractivity contribution is 5.92. The van der Waals surface area contributed by atoms with Gasteiger partial charge in [-0.1, -0.05) is 0 Å². The van der Waals surface area contributed by atoms with Crippen LogP contribution in [0, 0.1) is 0 Å². The quantitative estimate of drug-likeness (QED) is 0.739. The van der Waals surface area contributed by atoms with Crippen molar-refractivity contribution in [1.82, 2.24) is 24.9 Å². The van der Waals surface area contributed by atoms with Crippen molar-refractivity contribution in [2.24, 2.45) is 0 Å². The van der Waals surface area contributed by atoms with Crippen LogP contribution in [-0.2, 0) is 6.18 Å². The molecule has 1 aliphatic rings. The Morgan fingerprint density at radius 3 is 2.65 bits per heavy atom. The predicted octanol–water partition coefficient (Wildman–Crippen LogP) is 1.71. The average molecular weight is 322 g/mol. The van der Waals surface area contributed by atoms with Gasteiger partial charge in [-0.3, -0.25) is 0 Å². The van der Waals surface area contributed by atoms with Gasteiger partial charge in [0.25, 0.3) is 0 Å². The van der Waals surface area contributed by atoms with Gasteiger partial charge in [0.05, 0.1) is 11.1 Å². The molecule has 1 aromatic carbocycles. The van der Waals surface area contributed by atoms with Crippen LogP contribution in [0.1, 0.15) is 5.56 Å². The van der Waals surface area contributed by atoms with Crippen LogP contribution in [0.4, 0.5) is 19.1 Å². The summed E-state index contributed by atoms with van der Waals surface area (Å²) in [5.74, 6) is 0.603. The van der Waals surface area contributed by atoms with E-state index in [1.165, 1.54) is 16.9 Å². The van der Waals surface area contributed by atoms with Gasteiger partial charge < -0.3 is 10.2 Å². The number of alkyl halides is 3. The van der Waals surface area contributed by atoms with Crippen molar-refractivity contribution < 1.29 is 13.2 Å². The summed E-state index contributed by atoms with van der Waals surface area (Å²) < 4.78 is 40.3. The minimum atomic E-state index is -4.40. The van der Waals surface area contributed by atoms with Crippen molar-refractivity contribution in [2.75, 3.05) is 31.1 Å². The zero-order valence-corrected chi connectivity index (χ0v) is 12.0. The first-order valence-electron chi connectivity index (χ1n) is 7.20. The maximum Gasteiger partial charge on any atom is 0.416 e. The van der Waals surface area contributed by atoms with E-state index < -0.39 is 11.7 Å². The van der Waals surface area contributed by atoms with Crippen molar-refractivity contribution in [3.63, 3.8) is 0 Å². The van der Waals surface area contributed by atoms with Crippen LogP contribution in [0.25, 0.3) is 16.6 Å². The summed E-state index contributed by atoms with van der Waals surface area (Å²) in [6, 6.07) is 3.51. The SMILES string of the molecule is FC(F)(F)c1ccc2nc(N3CCNCC3)n3ncnc3c2c1. The normalized spacial score (nSPS) is 16.4. The molecule has 0 amide bonds. The number of aromatic nitrogens is 4. The summed E-state index contributed by atoms with van der Waals surface area (Å²) in [6.45, 7) is 3.16. The number of piperazine rings is 1. The second-order valence-electron chi connectivity index (χ2n) is 5.37. The van der Waals surface area contributed by atoms with Gasteiger partial charge in [0.15, 0.2) is 5.65 Å². The van der Waals surface area contributed by atoms with Crippen LogP contribution in [0.2, 0.25) is 0 Å². The molecule has 0 atom stereocenters. The van der Waals surface area contributed by atoms with Crippen LogP contribution >= 0.6 is 0 Å². The topological polar surface area (TPSA) is 58.4 Å². The largest absolute Gasteiger partial charge is 0.416 e. The van der Waals surface area contributed by atoms with Gasteiger partial charge in [-0.25, -0.2) is 9.97 Å². The van der Waals surface area contributed by atoms with E-state index in [-0.39, 0.29) is 0 Å². The number of anilines is 1. The number of nitrogens with one attached hydrogen (secondary N) is 1. The number of benzene rings is 1. The molecule has 4 rings (SSSR count). The van der Waals surface area contributed by atoms with Crippen molar-refractivity contribution in [3.8, 4) is 0 Å². The van der Waals surface area contributed by atoms with E-state index >= 15 is 0 Å². The van der Waals surface area contributed by atoms with Crippen molar-refractivity contribution >= 4 is 22.5 Å². The van der Waals surface area contributed by atoms with E-state index in [4.69, 9.17) is 0 Å². The van der Waals surface area contributed by atoms with E-state index in [2.05, 4.69) is 25.3 Å². The number of nitrogens with zero attached hydrogens (tertiary/aromatic N) is 5. The Kier molecular flexibility index (Phi) is 3.12. The molecule has 9 heteroatoms. The molecular weight excluding hydrogens is 309 g/mol. The molecule has 6 nitrogen and oxygen atoms in total. The molecule has 1 saturated heterocycles. The summed E-state index contributed by atoms with van der Waals surface area (Å²) >= 11 is 0. The molecule has 3 aromatic rings. The minimum absolute atomic E-state index is 0.344. The summed E-state index contributed by atoms with van der Waals surface area (Å²) in [6.07, 6.45) is -3.06. The molecule has 23 heavy (non-hydrogen) atoms. The molecule has 1 N–H and O–H groups in total. The maximum atomic E-state index is 12.9. The lowest BCUT2D eigenvalue weighted by molar-refractivity contribution is -0.137. The van der Waals surface area contributed by atoms with E-state index in [9.17, 15) is 13.2 Å². The smallest absolute Gasteiger partial charge is 0.338 e. The van der Waals surface area contributed by atoms with E-state index in [1.54, 1.807) is 0 Å². The van der Waals surface area contributed by atoms with Gasteiger partial charge in [0, 0.05) is 31.6 Å². The number of hydrogen-bond donors (Lipinski definition) is 1. The summed E-state index contributed by atoms with van der Waals surface area (Å²) in [5.41, 5.74) is 0.147. The molecule has 0 unspecified atom stereocenters. The highest BCUT2D eigenvalue weighted by Crippen LogP contribution is 2.32. The number of halogens is 3. The lowest BCUT2D eigenvalue weighted by Crippen LogP contribution is -2.44. The third-order valence-electron chi connectivity index (χ3n) is 3.92. The van der Waals surface area contributed by atoms with Gasteiger partial charge in [-0.15, -0.1) is 0 Å². The average Bonchev–Trinajstić information content (AvgIpc) is 3.03. The number of fused-ring (bicyclic) bond motifs is 3. The molecule has 0 saturated carbocycles. The maximum absolute atomic E-state index is 12.9. The fourth-order valence-corrected chi connectivity index (χ4v) is 2.79. The minimum Gasteiger partial charge on any atom is -0.338 e. The molecule has 1 fully saturated rings. The van der Waals surface area contributed by atoms with Gasteiger partial charge in [0.1, 0.15) is 6.33 Å². The molecule has 2 aromatic heterocycles. The molecule has 0 aliphatic carbocycles. The fraction of sp³-hybridized carbons (Fsp3) is 0.357. The van der Waals surface area contributed by atoms with Crippen LogP contribution in [0.5, 0.6) is 0 Å². The zero-order chi connectivity index (χ0) is 16.0. The first-order chi connectivity index (χ1) is 11.0. The molecule has 0 bridgehead atoms. The van der Waals surface area contributed by atoms with Gasteiger partial charge in [-0.05, 0) is 18.2 Å². The van der Waals surface area contributed by atoms with Crippen molar-refractivity contribution in [3.05, 3.63) is 30.1 Å². The lowest BCUT2D eigenvalue weighted by atomic mass is 10.1. The van der Waals surface area contributed by atoms with E-state index in [0.717, 1.165) is 38.3 Å². The third kappa shape index (κ3) is 2.37. The third-order valence-corrected chi connectivity index (χ3v) is 3.92. The van der Waals surface area contributed by atoms with Crippen LogP contribution in [0.15, 0.2) is 24.5 Å². The summed E-state index contributed by atoms with van der Waals surface area (Å²) in [5, 5.41) is 7.73. The van der Waals surface area contributed by atoms with Crippen molar-refractivity contribution in [1.29, 1.82) is 0 Å². The molecule has 0 radical (unpaired) electrons. The predicted molar refractivity (Wildman–Crippen MR) is 78.4 cm³/mol. The zero-order valence-electron chi connectivity index (χ0n) is 12.0. The summed E-state index contributed by atoms with van der Waals surface area (Å²) in [7, 11) is 0. The molecule has 1 aliphatic heterocycles. The number of hydrogen-bond acceptors (Lipinski definition) is 5. The first-order valence-corrected chi connectivity index (χ1v) is 7.20. The van der Waals surface area contributed by atoms with E-state index in [1.807, 2.05) is 0 Å². The molecular formula is C14H13F3N6. The highest BCUT2D eigenvalue weighted by atomic mass is 19.4. The van der Waals surface area contributed by atoms with Crippen LogP contribution in [0.3, 0.4) is 0 Å². The fourth-order valence-electron chi connectivity index (χ4n) is 2.79. The highest BCUT2D eigenvalue weighted by Gasteiger charge is 2.31. The Labute approximate surface area is 128 Å². The molecule has 120 valence electrons. The van der Waals surface area contributed by atoms with Gasteiger partial charge in [0.2, 0.25) is 5.95 Å². The molecule has 0 spiro atoms. The van der Waals surface area contributed by atoms with E-state index in [0.29, 0.717) is 22.5 Å². The summed E-state index contributed by atoms with van der Waals surface area (Å²) in [4.78, 5) is 10.7. The second-order valence-corrected chi connectivity index (χ2v) is 5.37. The van der Waals surface area contributed by atoms with Gasteiger partial charge in [-0.2, -0.15) is 22.8 Å². The van der Waals surface area contributed by atoms with Crippen LogP contribution < -0.4 is 10.2 Å². The Bertz CT molecular complexity index is 866. The standard InChI is InChI=1S/C14H13F3N6/c15-14(16,17)9-1-2-11-10(7-9)12-19-8-20-23(12)13(21-11)22-5-3-18-4-6-22/h1-2,7-8,18H,3-6H2. The Morgan fingerprint density at radius 2 is 1.91 bits per heavy atom. The Morgan fingerprint density at radius 1 is 1.13 bits per heavy atom.